The Hall–Kier alpha value is -1.83. The Morgan fingerprint density at radius 2 is 2.60 bits per heavy atom. The smallest absolute Gasteiger partial charge is 0.276 e. The van der Waals surface area contributed by atoms with Gasteiger partial charge in [0, 0.05) is 19.2 Å². The Balaban J connectivity index is 2.05. The van der Waals surface area contributed by atoms with Crippen LogP contribution in [0.15, 0.2) is 16.9 Å². The molecule has 1 fully saturated rings. The van der Waals surface area contributed by atoms with Crippen molar-refractivity contribution < 1.29 is 9.32 Å². The molecular formula is C10H11N3O2. The first-order valence-electron chi connectivity index (χ1n) is 4.90. The molecule has 0 bridgehead atoms. The molecule has 1 aliphatic heterocycles. The van der Waals surface area contributed by atoms with Crippen LogP contribution in [0.5, 0.6) is 0 Å². The van der Waals surface area contributed by atoms with E-state index in [0.717, 1.165) is 12.8 Å². The van der Waals surface area contributed by atoms with E-state index in [4.69, 9.17) is 5.26 Å². The van der Waals surface area contributed by atoms with Gasteiger partial charge in [0.15, 0.2) is 5.69 Å². The molecule has 15 heavy (non-hydrogen) atoms. The Kier molecular flexibility index (Phi) is 2.68. The second kappa shape index (κ2) is 4.13. The quantitative estimate of drug-likeness (QED) is 0.687. The normalized spacial score (nSPS) is 21.0. The molecule has 1 aliphatic rings. The minimum atomic E-state index is -0.149. The molecular weight excluding hydrogens is 194 g/mol. The fraction of sp³-hybridized carbons (Fsp3) is 0.500. The van der Waals surface area contributed by atoms with Gasteiger partial charge in [0.2, 0.25) is 0 Å². The predicted molar refractivity (Wildman–Crippen MR) is 50.7 cm³/mol. The zero-order valence-corrected chi connectivity index (χ0v) is 8.22. The fourth-order valence-electron chi connectivity index (χ4n) is 1.75. The fourth-order valence-corrected chi connectivity index (χ4v) is 1.75. The maximum absolute atomic E-state index is 11.8. The minimum absolute atomic E-state index is 0.0467. The number of nitrogens with zero attached hydrogens (tertiary/aromatic N) is 3. The van der Waals surface area contributed by atoms with Crippen molar-refractivity contribution >= 4 is 5.91 Å². The molecule has 1 saturated heterocycles. The third kappa shape index (κ3) is 1.99. The van der Waals surface area contributed by atoms with Crippen LogP contribution in [0.3, 0.4) is 0 Å². The molecule has 5 heteroatoms. The van der Waals surface area contributed by atoms with E-state index in [0.29, 0.717) is 18.8 Å². The summed E-state index contributed by atoms with van der Waals surface area (Å²) in [4.78, 5) is 13.5. The Bertz CT molecular complexity index is 380. The van der Waals surface area contributed by atoms with Crippen molar-refractivity contribution in [3.63, 3.8) is 0 Å². The highest BCUT2D eigenvalue weighted by Gasteiger charge is 2.25. The van der Waals surface area contributed by atoms with Gasteiger partial charge in [-0.3, -0.25) is 4.79 Å². The SMILES string of the molecule is N#CC1CCCN(C(=O)c2ccon2)C1. The molecule has 5 nitrogen and oxygen atoms in total. The molecule has 1 aromatic rings. The van der Waals surface area contributed by atoms with Gasteiger partial charge in [0.1, 0.15) is 6.26 Å². The summed E-state index contributed by atoms with van der Waals surface area (Å²) in [6, 6.07) is 3.74. The standard InChI is InChI=1S/C10H11N3O2/c11-6-8-2-1-4-13(7-8)10(14)9-3-5-15-12-9/h3,5,8H,1-2,4,7H2. The highest BCUT2D eigenvalue weighted by Crippen LogP contribution is 2.17. The monoisotopic (exact) mass is 205 g/mol. The number of aromatic nitrogens is 1. The van der Waals surface area contributed by atoms with E-state index >= 15 is 0 Å². The van der Waals surface area contributed by atoms with Crippen molar-refractivity contribution in [2.24, 2.45) is 5.92 Å². The Labute approximate surface area is 87.3 Å². The lowest BCUT2D eigenvalue weighted by molar-refractivity contribution is 0.0688. The summed E-state index contributed by atoms with van der Waals surface area (Å²) in [6.45, 7) is 1.20. The molecule has 0 spiro atoms. The molecule has 0 saturated carbocycles. The van der Waals surface area contributed by atoms with Crippen LogP contribution >= 0.6 is 0 Å². The number of carbonyl (C=O) groups is 1. The zero-order valence-electron chi connectivity index (χ0n) is 8.22. The summed E-state index contributed by atoms with van der Waals surface area (Å²) in [5.41, 5.74) is 0.314. The zero-order chi connectivity index (χ0) is 10.7. The number of piperidine rings is 1. The topological polar surface area (TPSA) is 70.1 Å². The van der Waals surface area contributed by atoms with Gasteiger partial charge < -0.3 is 9.42 Å². The van der Waals surface area contributed by atoms with E-state index in [1.165, 1.54) is 6.26 Å². The predicted octanol–water partition coefficient (Wildman–Crippen LogP) is 1.05. The summed E-state index contributed by atoms with van der Waals surface area (Å²) in [5, 5.41) is 12.4. The number of likely N-dealkylation sites (tertiary alicyclic amines) is 1. The average Bonchev–Trinajstić information content (AvgIpc) is 2.81. The van der Waals surface area contributed by atoms with Crippen LogP contribution in [0.2, 0.25) is 0 Å². The lowest BCUT2D eigenvalue weighted by Gasteiger charge is -2.28. The number of carbonyl (C=O) groups excluding carboxylic acids is 1. The van der Waals surface area contributed by atoms with Crippen molar-refractivity contribution in [2.75, 3.05) is 13.1 Å². The minimum Gasteiger partial charge on any atom is -0.364 e. The molecule has 2 heterocycles. The lowest BCUT2D eigenvalue weighted by atomic mass is 9.99. The molecule has 1 aromatic heterocycles. The Morgan fingerprint density at radius 3 is 3.27 bits per heavy atom. The summed E-state index contributed by atoms with van der Waals surface area (Å²) in [7, 11) is 0. The van der Waals surface area contributed by atoms with Gasteiger partial charge in [0.25, 0.3) is 5.91 Å². The number of hydrogen-bond donors (Lipinski definition) is 0. The van der Waals surface area contributed by atoms with Gasteiger partial charge >= 0.3 is 0 Å². The van der Waals surface area contributed by atoms with Crippen LogP contribution < -0.4 is 0 Å². The molecule has 1 atom stereocenters. The molecule has 0 aliphatic carbocycles. The number of amides is 1. The third-order valence-corrected chi connectivity index (χ3v) is 2.55. The molecule has 1 amide bonds. The molecule has 0 N–H and O–H groups in total. The first-order chi connectivity index (χ1) is 7.31. The van der Waals surface area contributed by atoms with Crippen molar-refractivity contribution in [3.8, 4) is 6.07 Å². The number of rotatable bonds is 1. The van der Waals surface area contributed by atoms with Gasteiger partial charge in [-0.25, -0.2) is 0 Å². The van der Waals surface area contributed by atoms with Gasteiger partial charge in [-0.1, -0.05) is 5.16 Å². The van der Waals surface area contributed by atoms with Gasteiger partial charge in [-0.05, 0) is 12.8 Å². The second-order valence-corrected chi connectivity index (χ2v) is 3.60. The van der Waals surface area contributed by atoms with Crippen molar-refractivity contribution in [1.29, 1.82) is 5.26 Å². The molecule has 0 aromatic carbocycles. The van der Waals surface area contributed by atoms with E-state index in [1.807, 2.05) is 0 Å². The highest BCUT2D eigenvalue weighted by molar-refractivity contribution is 5.92. The van der Waals surface area contributed by atoms with E-state index < -0.39 is 0 Å². The summed E-state index contributed by atoms with van der Waals surface area (Å²) >= 11 is 0. The maximum atomic E-state index is 11.8. The highest BCUT2D eigenvalue weighted by atomic mass is 16.5. The van der Waals surface area contributed by atoms with E-state index in [2.05, 4.69) is 15.7 Å². The van der Waals surface area contributed by atoms with E-state index in [9.17, 15) is 4.79 Å². The molecule has 2 rings (SSSR count). The number of hydrogen-bond acceptors (Lipinski definition) is 4. The van der Waals surface area contributed by atoms with Crippen molar-refractivity contribution in [2.45, 2.75) is 12.8 Å². The average molecular weight is 205 g/mol. The van der Waals surface area contributed by atoms with Gasteiger partial charge in [-0.2, -0.15) is 5.26 Å². The molecule has 0 radical (unpaired) electrons. The largest absolute Gasteiger partial charge is 0.364 e. The van der Waals surface area contributed by atoms with Crippen LogP contribution in [-0.4, -0.2) is 29.1 Å². The molecule has 1 unspecified atom stereocenters. The Morgan fingerprint density at radius 1 is 1.73 bits per heavy atom. The van der Waals surface area contributed by atoms with Crippen LogP contribution in [0, 0.1) is 17.2 Å². The summed E-state index contributed by atoms with van der Waals surface area (Å²) in [5.74, 6) is -0.196. The molecule has 78 valence electrons. The maximum Gasteiger partial charge on any atom is 0.276 e. The van der Waals surface area contributed by atoms with Crippen LogP contribution in [-0.2, 0) is 0 Å². The summed E-state index contributed by atoms with van der Waals surface area (Å²) in [6.07, 6.45) is 3.12. The first-order valence-corrected chi connectivity index (χ1v) is 4.90. The van der Waals surface area contributed by atoms with Crippen molar-refractivity contribution in [3.05, 3.63) is 18.0 Å². The van der Waals surface area contributed by atoms with Crippen LogP contribution in [0.1, 0.15) is 23.3 Å². The van der Waals surface area contributed by atoms with E-state index in [-0.39, 0.29) is 11.8 Å². The number of nitriles is 1. The first kappa shape index (κ1) is 9.71. The van der Waals surface area contributed by atoms with Crippen molar-refractivity contribution in [1.82, 2.24) is 10.1 Å². The van der Waals surface area contributed by atoms with Crippen LogP contribution in [0.4, 0.5) is 0 Å². The third-order valence-electron chi connectivity index (χ3n) is 2.55. The van der Waals surface area contributed by atoms with Crippen LogP contribution in [0.25, 0.3) is 0 Å². The lowest BCUT2D eigenvalue weighted by Crippen LogP contribution is -2.39. The van der Waals surface area contributed by atoms with Gasteiger partial charge in [0.05, 0.1) is 12.0 Å². The van der Waals surface area contributed by atoms with E-state index in [1.54, 1.807) is 11.0 Å². The van der Waals surface area contributed by atoms with Gasteiger partial charge in [-0.15, -0.1) is 0 Å². The second-order valence-electron chi connectivity index (χ2n) is 3.60. The summed E-state index contributed by atoms with van der Waals surface area (Å²) < 4.78 is 4.62.